The number of amides is 1. The molecule has 0 spiro atoms. The number of carboxylic acid groups (broad SMARTS) is 1. The molecule has 2 aromatic carbocycles. The van der Waals surface area contributed by atoms with Gasteiger partial charge in [0.1, 0.15) is 6.04 Å². The van der Waals surface area contributed by atoms with Crippen LogP contribution in [0.2, 0.25) is 0 Å². The monoisotopic (exact) mass is 439 g/mol. The van der Waals surface area contributed by atoms with E-state index in [1.165, 1.54) is 24.5 Å². The van der Waals surface area contributed by atoms with E-state index < -0.39 is 27.9 Å². The van der Waals surface area contributed by atoms with Gasteiger partial charge in [-0.25, -0.2) is 8.42 Å². The molecule has 0 radical (unpaired) electrons. The molecule has 1 aromatic heterocycles. The van der Waals surface area contributed by atoms with Crippen LogP contribution in [0, 0.1) is 0 Å². The molecule has 0 aliphatic rings. The van der Waals surface area contributed by atoms with Gasteiger partial charge in [0.25, 0.3) is 0 Å². The predicted molar refractivity (Wildman–Crippen MR) is 116 cm³/mol. The Labute approximate surface area is 180 Å². The van der Waals surface area contributed by atoms with Crippen LogP contribution >= 0.6 is 0 Å². The summed E-state index contributed by atoms with van der Waals surface area (Å²) in [5.41, 5.74) is 2.29. The number of hydrogen-bond donors (Lipinski definition) is 3. The van der Waals surface area contributed by atoms with E-state index in [2.05, 4.69) is 15.0 Å². The molecule has 0 saturated heterocycles. The van der Waals surface area contributed by atoms with E-state index in [1.807, 2.05) is 30.3 Å². The molecular weight excluding hydrogens is 418 g/mol. The Kier molecular flexibility index (Phi) is 7.11. The molecule has 1 atom stereocenters. The van der Waals surface area contributed by atoms with Crippen molar-refractivity contribution in [3.05, 3.63) is 79.1 Å². The number of rotatable bonds is 9. The molecule has 0 aliphatic heterocycles. The van der Waals surface area contributed by atoms with Gasteiger partial charge in [-0.15, -0.1) is 0 Å². The van der Waals surface area contributed by atoms with Gasteiger partial charge in [0.2, 0.25) is 15.9 Å². The van der Waals surface area contributed by atoms with Crippen molar-refractivity contribution < 1.29 is 23.1 Å². The highest BCUT2D eigenvalue weighted by Crippen LogP contribution is 2.21. The second-order valence-corrected chi connectivity index (χ2v) is 8.44. The van der Waals surface area contributed by atoms with Crippen LogP contribution in [0.15, 0.2) is 84.0 Å². The van der Waals surface area contributed by atoms with Crippen molar-refractivity contribution in [3.8, 4) is 11.1 Å². The number of carbonyl (C=O) groups is 2. The second kappa shape index (κ2) is 9.96. The summed E-state index contributed by atoms with van der Waals surface area (Å²) in [6.07, 6.45) is 2.64. The molecule has 9 heteroatoms. The Hall–Kier alpha value is -3.56. The second-order valence-electron chi connectivity index (χ2n) is 6.73. The molecule has 31 heavy (non-hydrogen) atoms. The standard InChI is InChI=1S/C22H21N3O5S/c26-21(24-18-12-14-23-15-13-18)11-10-20(22(27)28)25-31(29,30)19-8-6-17(7-9-19)16-4-2-1-3-5-16/h1-9,12-15,20,25H,10-11H2,(H,27,28)(H,23,24,26)/t20-/m0/s1. The van der Waals surface area contributed by atoms with Crippen LogP contribution in [0.5, 0.6) is 0 Å². The minimum absolute atomic E-state index is 0.0559. The first-order valence-electron chi connectivity index (χ1n) is 9.46. The number of carboxylic acids is 1. The average molecular weight is 439 g/mol. The zero-order chi connectivity index (χ0) is 22.3. The summed E-state index contributed by atoms with van der Waals surface area (Å²) in [6.45, 7) is 0. The topological polar surface area (TPSA) is 125 Å². The highest BCUT2D eigenvalue weighted by atomic mass is 32.2. The number of aliphatic carboxylic acids is 1. The fraction of sp³-hybridized carbons (Fsp3) is 0.136. The first-order chi connectivity index (χ1) is 14.8. The van der Waals surface area contributed by atoms with Gasteiger partial charge < -0.3 is 10.4 Å². The lowest BCUT2D eigenvalue weighted by molar-refractivity contribution is -0.139. The van der Waals surface area contributed by atoms with Crippen LogP contribution in [-0.2, 0) is 19.6 Å². The number of benzene rings is 2. The maximum absolute atomic E-state index is 12.6. The van der Waals surface area contributed by atoms with Crippen LogP contribution in [0.3, 0.4) is 0 Å². The summed E-state index contributed by atoms with van der Waals surface area (Å²) < 4.78 is 27.5. The molecule has 1 amide bonds. The first-order valence-corrected chi connectivity index (χ1v) is 10.9. The largest absolute Gasteiger partial charge is 0.480 e. The van der Waals surface area contributed by atoms with Gasteiger partial charge in [-0.1, -0.05) is 42.5 Å². The summed E-state index contributed by atoms with van der Waals surface area (Å²) in [4.78, 5) is 27.4. The normalized spacial score (nSPS) is 12.1. The van der Waals surface area contributed by atoms with Crippen molar-refractivity contribution in [1.29, 1.82) is 0 Å². The van der Waals surface area contributed by atoms with Gasteiger partial charge in [-0.2, -0.15) is 4.72 Å². The minimum atomic E-state index is -4.08. The van der Waals surface area contributed by atoms with E-state index in [9.17, 15) is 23.1 Å². The molecule has 0 fully saturated rings. The van der Waals surface area contributed by atoms with Crippen molar-refractivity contribution in [1.82, 2.24) is 9.71 Å². The summed E-state index contributed by atoms with van der Waals surface area (Å²) in [5.74, 6) is -1.79. The molecule has 0 bridgehead atoms. The van der Waals surface area contributed by atoms with E-state index in [-0.39, 0.29) is 17.7 Å². The van der Waals surface area contributed by atoms with Crippen LogP contribution in [0.1, 0.15) is 12.8 Å². The average Bonchev–Trinajstić information content (AvgIpc) is 2.78. The van der Waals surface area contributed by atoms with Crippen molar-refractivity contribution in [2.24, 2.45) is 0 Å². The molecule has 0 saturated carbocycles. The van der Waals surface area contributed by atoms with E-state index >= 15 is 0 Å². The highest BCUT2D eigenvalue weighted by molar-refractivity contribution is 7.89. The number of sulfonamides is 1. The quantitative estimate of drug-likeness (QED) is 0.471. The number of hydrogen-bond acceptors (Lipinski definition) is 5. The van der Waals surface area contributed by atoms with Gasteiger partial charge in [0, 0.05) is 24.5 Å². The van der Waals surface area contributed by atoms with Gasteiger partial charge >= 0.3 is 5.97 Å². The molecule has 0 unspecified atom stereocenters. The maximum Gasteiger partial charge on any atom is 0.321 e. The van der Waals surface area contributed by atoms with Crippen LogP contribution < -0.4 is 10.0 Å². The molecule has 0 aliphatic carbocycles. The van der Waals surface area contributed by atoms with Crippen LogP contribution in [0.25, 0.3) is 11.1 Å². The number of aromatic nitrogens is 1. The lowest BCUT2D eigenvalue weighted by Gasteiger charge is -2.15. The Morgan fingerprint density at radius 3 is 2.13 bits per heavy atom. The van der Waals surface area contributed by atoms with E-state index in [0.29, 0.717) is 5.69 Å². The number of pyridine rings is 1. The summed E-state index contributed by atoms with van der Waals surface area (Å²) in [7, 11) is -4.08. The van der Waals surface area contributed by atoms with Gasteiger partial charge in [0.05, 0.1) is 4.90 Å². The molecule has 3 N–H and O–H groups in total. The van der Waals surface area contributed by atoms with E-state index in [0.717, 1.165) is 11.1 Å². The van der Waals surface area contributed by atoms with E-state index in [1.54, 1.807) is 24.3 Å². The third-order valence-electron chi connectivity index (χ3n) is 4.49. The van der Waals surface area contributed by atoms with Gasteiger partial charge in [0.15, 0.2) is 0 Å². The number of nitrogens with one attached hydrogen (secondary N) is 2. The minimum Gasteiger partial charge on any atom is -0.480 e. The molecule has 3 rings (SSSR count). The number of carbonyl (C=O) groups excluding carboxylic acids is 1. The Morgan fingerprint density at radius 1 is 0.903 bits per heavy atom. The van der Waals surface area contributed by atoms with Crippen molar-refractivity contribution in [3.63, 3.8) is 0 Å². The van der Waals surface area contributed by atoms with Crippen molar-refractivity contribution in [2.75, 3.05) is 5.32 Å². The zero-order valence-electron chi connectivity index (χ0n) is 16.4. The summed E-state index contributed by atoms with van der Waals surface area (Å²) in [6, 6.07) is 17.3. The van der Waals surface area contributed by atoms with Gasteiger partial charge in [-0.3, -0.25) is 14.6 Å². The summed E-state index contributed by atoms with van der Waals surface area (Å²) in [5, 5.41) is 12.0. The molecule has 160 valence electrons. The Balaban J connectivity index is 1.64. The van der Waals surface area contributed by atoms with E-state index in [4.69, 9.17) is 0 Å². The first kappa shape index (κ1) is 22.1. The van der Waals surface area contributed by atoms with Gasteiger partial charge in [-0.05, 0) is 41.8 Å². The molecule has 8 nitrogen and oxygen atoms in total. The number of nitrogens with zero attached hydrogens (tertiary/aromatic N) is 1. The van der Waals surface area contributed by atoms with Crippen LogP contribution in [-0.4, -0.2) is 36.4 Å². The predicted octanol–water partition coefficient (Wildman–Crippen LogP) is 2.90. The third-order valence-corrected chi connectivity index (χ3v) is 5.98. The molecule has 1 heterocycles. The van der Waals surface area contributed by atoms with Crippen molar-refractivity contribution >= 4 is 27.6 Å². The fourth-order valence-corrected chi connectivity index (χ4v) is 4.10. The maximum atomic E-state index is 12.6. The lowest BCUT2D eigenvalue weighted by Crippen LogP contribution is -2.41. The Morgan fingerprint density at radius 2 is 1.52 bits per heavy atom. The van der Waals surface area contributed by atoms with Crippen molar-refractivity contribution in [2.45, 2.75) is 23.8 Å². The fourth-order valence-electron chi connectivity index (χ4n) is 2.88. The zero-order valence-corrected chi connectivity index (χ0v) is 17.2. The molecule has 3 aromatic rings. The summed E-state index contributed by atoms with van der Waals surface area (Å²) >= 11 is 0. The van der Waals surface area contributed by atoms with Crippen LogP contribution in [0.4, 0.5) is 5.69 Å². The highest BCUT2D eigenvalue weighted by Gasteiger charge is 2.26. The lowest BCUT2D eigenvalue weighted by atomic mass is 10.1. The third kappa shape index (κ3) is 6.21. The number of anilines is 1. The Bertz CT molecular complexity index is 1130. The SMILES string of the molecule is O=C(CC[C@H](NS(=O)(=O)c1ccc(-c2ccccc2)cc1)C(=O)O)Nc1ccncc1. The smallest absolute Gasteiger partial charge is 0.321 e. The molecular formula is C22H21N3O5S.